The Hall–Kier alpha value is -2.36. The van der Waals surface area contributed by atoms with E-state index in [9.17, 15) is 17.6 Å². The molecule has 10 heteroatoms. The van der Waals surface area contributed by atoms with Gasteiger partial charge in [0.2, 0.25) is 0 Å². The van der Waals surface area contributed by atoms with Gasteiger partial charge in [-0.05, 0) is 19.1 Å². The maximum absolute atomic E-state index is 13.1. The zero-order valence-corrected chi connectivity index (χ0v) is 15.5. The molecule has 148 valence electrons. The van der Waals surface area contributed by atoms with Crippen molar-refractivity contribution < 1.29 is 22.3 Å². The Balaban J connectivity index is 1.77. The number of aliphatic imine (C=N–C) groups is 1. The zero-order valence-electron chi connectivity index (χ0n) is 14.6. The van der Waals surface area contributed by atoms with Crippen LogP contribution in [-0.4, -0.2) is 37.2 Å². The largest absolute Gasteiger partial charge is 0.492 e. The Labute approximate surface area is 158 Å². The number of rotatable bonds is 8. The Morgan fingerprint density at radius 3 is 2.78 bits per heavy atom. The van der Waals surface area contributed by atoms with Gasteiger partial charge in [0.1, 0.15) is 18.2 Å². The first-order valence-electron chi connectivity index (χ1n) is 8.30. The molecule has 1 aromatic heterocycles. The van der Waals surface area contributed by atoms with E-state index in [0.717, 1.165) is 16.7 Å². The van der Waals surface area contributed by atoms with Crippen molar-refractivity contribution in [2.45, 2.75) is 19.5 Å². The maximum Gasteiger partial charge on any atom is 0.434 e. The van der Waals surface area contributed by atoms with Crippen LogP contribution in [0.5, 0.6) is 5.75 Å². The molecule has 27 heavy (non-hydrogen) atoms. The fourth-order valence-corrected chi connectivity index (χ4v) is 2.85. The second-order valence-electron chi connectivity index (χ2n) is 5.37. The lowest BCUT2D eigenvalue weighted by Gasteiger charge is -2.12. The van der Waals surface area contributed by atoms with Gasteiger partial charge in [-0.25, -0.2) is 9.37 Å². The third kappa shape index (κ3) is 7.41. The first-order chi connectivity index (χ1) is 12.9. The summed E-state index contributed by atoms with van der Waals surface area (Å²) in [7, 11) is 0. The highest BCUT2D eigenvalue weighted by Gasteiger charge is 2.33. The fraction of sp³-hybridized carbons (Fsp3) is 0.412. The highest BCUT2D eigenvalue weighted by molar-refractivity contribution is 7.09. The number of benzene rings is 1. The van der Waals surface area contributed by atoms with Gasteiger partial charge < -0.3 is 15.4 Å². The van der Waals surface area contributed by atoms with Crippen LogP contribution in [0, 0.1) is 5.82 Å². The SMILES string of the molecule is CCNC(=NCCc1nc(C(F)(F)F)cs1)NCCOc1cccc(F)c1. The number of guanidine groups is 1. The van der Waals surface area contributed by atoms with Gasteiger partial charge in [0.25, 0.3) is 0 Å². The van der Waals surface area contributed by atoms with E-state index in [2.05, 4.69) is 20.6 Å². The van der Waals surface area contributed by atoms with Crippen LogP contribution < -0.4 is 15.4 Å². The van der Waals surface area contributed by atoms with Crippen LogP contribution in [0.1, 0.15) is 17.6 Å². The molecule has 2 rings (SSSR count). The molecular weight excluding hydrogens is 384 g/mol. The number of nitrogens with zero attached hydrogens (tertiary/aromatic N) is 2. The molecule has 2 N–H and O–H groups in total. The van der Waals surface area contributed by atoms with Gasteiger partial charge in [0.15, 0.2) is 11.7 Å². The molecule has 0 amide bonds. The molecule has 0 aliphatic rings. The van der Waals surface area contributed by atoms with E-state index >= 15 is 0 Å². The first-order valence-corrected chi connectivity index (χ1v) is 9.18. The number of alkyl halides is 3. The number of nitrogens with one attached hydrogen (secondary N) is 2. The molecule has 0 aliphatic carbocycles. The van der Waals surface area contributed by atoms with Gasteiger partial charge in [-0.2, -0.15) is 13.2 Å². The van der Waals surface area contributed by atoms with E-state index in [1.807, 2.05) is 6.92 Å². The van der Waals surface area contributed by atoms with Gasteiger partial charge in [-0.1, -0.05) is 6.07 Å². The van der Waals surface area contributed by atoms with Crippen molar-refractivity contribution in [3.05, 3.63) is 46.2 Å². The molecule has 0 fully saturated rings. The van der Waals surface area contributed by atoms with Crippen molar-refractivity contribution in [2.75, 3.05) is 26.2 Å². The smallest absolute Gasteiger partial charge is 0.434 e. The van der Waals surface area contributed by atoms with Crippen LogP contribution in [-0.2, 0) is 12.6 Å². The average molecular weight is 404 g/mol. The summed E-state index contributed by atoms with van der Waals surface area (Å²) in [5.74, 6) is 0.585. The monoisotopic (exact) mass is 404 g/mol. The Morgan fingerprint density at radius 1 is 1.30 bits per heavy atom. The van der Waals surface area contributed by atoms with E-state index in [4.69, 9.17) is 4.74 Å². The van der Waals surface area contributed by atoms with E-state index in [-0.39, 0.29) is 5.82 Å². The van der Waals surface area contributed by atoms with Crippen molar-refractivity contribution >= 4 is 17.3 Å². The molecule has 0 bridgehead atoms. The van der Waals surface area contributed by atoms with E-state index in [1.165, 1.54) is 12.1 Å². The minimum atomic E-state index is -4.42. The molecule has 0 aliphatic heterocycles. The van der Waals surface area contributed by atoms with Crippen LogP contribution in [0.2, 0.25) is 0 Å². The van der Waals surface area contributed by atoms with E-state index in [0.29, 0.717) is 49.4 Å². The van der Waals surface area contributed by atoms with Crippen molar-refractivity contribution in [2.24, 2.45) is 4.99 Å². The number of hydrogen-bond acceptors (Lipinski definition) is 4. The van der Waals surface area contributed by atoms with Gasteiger partial charge in [0, 0.05) is 31.0 Å². The summed E-state index contributed by atoms with van der Waals surface area (Å²) in [6.07, 6.45) is -4.10. The van der Waals surface area contributed by atoms with Crippen LogP contribution in [0.25, 0.3) is 0 Å². The summed E-state index contributed by atoms with van der Waals surface area (Å²) in [6.45, 7) is 3.56. The highest BCUT2D eigenvalue weighted by atomic mass is 32.1. The van der Waals surface area contributed by atoms with Gasteiger partial charge in [0.05, 0.1) is 11.6 Å². The minimum absolute atomic E-state index is 0.297. The molecule has 0 unspecified atom stereocenters. The zero-order chi connectivity index (χ0) is 19.7. The molecule has 0 spiro atoms. The molecule has 0 saturated heterocycles. The summed E-state index contributed by atoms with van der Waals surface area (Å²) >= 11 is 0.970. The predicted molar refractivity (Wildman–Crippen MR) is 96.7 cm³/mol. The number of ether oxygens (including phenoxy) is 1. The lowest BCUT2D eigenvalue weighted by Crippen LogP contribution is -2.39. The second-order valence-corrected chi connectivity index (χ2v) is 6.31. The topological polar surface area (TPSA) is 58.5 Å². The quantitative estimate of drug-likeness (QED) is 0.306. The Morgan fingerprint density at radius 2 is 2.11 bits per heavy atom. The third-order valence-corrected chi connectivity index (χ3v) is 4.15. The van der Waals surface area contributed by atoms with E-state index < -0.39 is 11.9 Å². The number of aromatic nitrogens is 1. The van der Waals surface area contributed by atoms with Crippen molar-refractivity contribution in [3.63, 3.8) is 0 Å². The lowest BCUT2D eigenvalue weighted by molar-refractivity contribution is -0.140. The summed E-state index contributed by atoms with van der Waals surface area (Å²) in [4.78, 5) is 7.88. The van der Waals surface area contributed by atoms with Crippen LogP contribution in [0.3, 0.4) is 0 Å². The minimum Gasteiger partial charge on any atom is -0.492 e. The molecular formula is C17H20F4N4OS. The van der Waals surface area contributed by atoms with Crippen LogP contribution >= 0.6 is 11.3 Å². The van der Waals surface area contributed by atoms with E-state index in [1.54, 1.807) is 12.1 Å². The average Bonchev–Trinajstić information content (AvgIpc) is 3.08. The first kappa shape index (κ1) is 20.9. The summed E-state index contributed by atoms with van der Waals surface area (Å²) in [6, 6.07) is 5.85. The number of halogens is 4. The molecule has 0 saturated carbocycles. The van der Waals surface area contributed by atoms with Crippen molar-refractivity contribution in [1.29, 1.82) is 0 Å². The van der Waals surface area contributed by atoms with Crippen LogP contribution in [0.15, 0.2) is 34.6 Å². The molecule has 2 aromatic rings. The number of hydrogen-bond donors (Lipinski definition) is 2. The predicted octanol–water partition coefficient (Wildman–Crippen LogP) is 3.48. The Bertz CT molecular complexity index is 749. The molecule has 1 aromatic carbocycles. The maximum atomic E-state index is 13.1. The van der Waals surface area contributed by atoms with Crippen molar-refractivity contribution in [3.8, 4) is 5.75 Å². The second kappa shape index (κ2) is 10.1. The standard InChI is InChI=1S/C17H20F4N4OS/c1-2-22-16(24-8-9-26-13-5-3-4-12(18)10-13)23-7-6-15-25-14(11-27-15)17(19,20)21/h3-5,10-11H,2,6-9H2,1H3,(H2,22,23,24). The molecule has 0 atom stereocenters. The molecule has 0 radical (unpaired) electrons. The van der Waals surface area contributed by atoms with Crippen LogP contribution in [0.4, 0.5) is 17.6 Å². The molecule has 5 nitrogen and oxygen atoms in total. The number of thiazole rings is 1. The van der Waals surface area contributed by atoms with Gasteiger partial charge in [-0.3, -0.25) is 4.99 Å². The fourth-order valence-electron chi connectivity index (χ4n) is 2.06. The summed E-state index contributed by atoms with van der Waals surface area (Å²) in [5.41, 5.74) is -0.869. The summed E-state index contributed by atoms with van der Waals surface area (Å²) in [5, 5.41) is 7.47. The normalized spacial score (nSPS) is 12.1. The Kier molecular flexibility index (Phi) is 7.83. The van der Waals surface area contributed by atoms with Crippen molar-refractivity contribution in [1.82, 2.24) is 15.6 Å². The summed E-state index contributed by atoms with van der Waals surface area (Å²) < 4.78 is 56.1. The highest BCUT2D eigenvalue weighted by Crippen LogP contribution is 2.30. The third-order valence-electron chi connectivity index (χ3n) is 3.24. The van der Waals surface area contributed by atoms with Gasteiger partial charge >= 0.3 is 6.18 Å². The lowest BCUT2D eigenvalue weighted by atomic mass is 10.3. The molecule has 1 heterocycles. The van der Waals surface area contributed by atoms with Gasteiger partial charge in [-0.15, -0.1) is 11.3 Å².